The zero-order chi connectivity index (χ0) is 21.1. The van der Waals surface area contributed by atoms with Gasteiger partial charge in [-0.1, -0.05) is 42.5 Å². The maximum absolute atomic E-state index is 13.0. The molecule has 3 N–H and O–H groups in total. The number of aliphatic hydroxyl groups is 2. The van der Waals surface area contributed by atoms with E-state index in [4.69, 9.17) is 14.6 Å². The number of hydrogen-bond donors (Lipinski definition) is 3. The number of nitrogens with one attached hydrogen (secondary N) is 1. The van der Waals surface area contributed by atoms with Gasteiger partial charge >= 0.3 is 0 Å². The van der Waals surface area contributed by atoms with Crippen LogP contribution in [0.4, 0.5) is 0 Å². The van der Waals surface area contributed by atoms with Crippen LogP contribution in [0.3, 0.4) is 0 Å². The molecule has 0 aliphatic heterocycles. The number of rotatable bonds is 13. The highest BCUT2D eigenvalue weighted by atomic mass is 16.5. The van der Waals surface area contributed by atoms with Gasteiger partial charge in [-0.25, -0.2) is 0 Å². The van der Waals surface area contributed by atoms with Crippen molar-refractivity contribution in [2.45, 2.75) is 38.0 Å². The first-order valence-corrected chi connectivity index (χ1v) is 9.89. The minimum absolute atomic E-state index is 0.0338. The largest absolute Gasteiger partial charge is 0.497 e. The van der Waals surface area contributed by atoms with Gasteiger partial charge < -0.3 is 25.0 Å². The number of methoxy groups -OCH3 is 1. The third kappa shape index (κ3) is 7.95. The summed E-state index contributed by atoms with van der Waals surface area (Å²) in [5.41, 5.74) is 1.49. The standard InChI is InChI=1S/C23H31NO5/c1-17(11-12-25)24-15-20(26)16-29-22(23(27)19-8-4-3-5-9-19)14-18-7-6-10-21(13-18)28-2/h3-10,13,17,20,22,24-26H,11-12,14-16H2,1-2H3. The zero-order valence-electron chi connectivity index (χ0n) is 17.1. The summed E-state index contributed by atoms with van der Waals surface area (Å²) in [6.45, 7) is 2.39. The molecule has 2 aromatic rings. The van der Waals surface area contributed by atoms with E-state index in [0.29, 0.717) is 24.9 Å². The fourth-order valence-corrected chi connectivity index (χ4v) is 2.95. The molecule has 0 amide bonds. The van der Waals surface area contributed by atoms with Crippen molar-refractivity contribution in [1.29, 1.82) is 0 Å². The first-order valence-electron chi connectivity index (χ1n) is 9.89. The molecule has 0 bridgehead atoms. The number of carbonyl (C=O) groups excluding carboxylic acids is 1. The Kier molecular flexibility index (Phi) is 9.80. The van der Waals surface area contributed by atoms with E-state index in [1.165, 1.54) is 0 Å². The number of ketones is 1. The molecule has 0 heterocycles. The van der Waals surface area contributed by atoms with Gasteiger partial charge in [0.15, 0.2) is 5.78 Å². The van der Waals surface area contributed by atoms with E-state index < -0.39 is 12.2 Å². The van der Waals surface area contributed by atoms with Crippen LogP contribution in [0.15, 0.2) is 54.6 Å². The fourth-order valence-electron chi connectivity index (χ4n) is 2.95. The van der Waals surface area contributed by atoms with Gasteiger partial charge in [0, 0.05) is 31.2 Å². The van der Waals surface area contributed by atoms with Crippen molar-refractivity contribution in [1.82, 2.24) is 5.32 Å². The van der Waals surface area contributed by atoms with Crippen LogP contribution in [0.25, 0.3) is 0 Å². The molecule has 0 saturated heterocycles. The molecular weight excluding hydrogens is 370 g/mol. The normalized spacial score (nSPS) is 14.2. The number of ether oxygens (including phenoxy) is 2. The van der Waals surface area contributed by atoms with E-state index in [1.54, 1.807) is 19.2 Å². The van der Waals surface area contributed by atoms with Crippen molar-refractivity contribution in [3.63, 3.8) is 0 Å². The number of Topliss-reactive ketones (excluding diaryl/α,β-unsaturated/α-hetero) is 1. The van der Waals surface area contributed by atoms with E-state index in [1.807, 2.05) is 49.4 Å². The molecule has 0 aliphatic carbocycles. The Labute approximate surface area is 172 Å². The van der Waals surface area contributed by atoms with Gasteiger partial charge in [0.05, 0.1) is 19.8 Å². The first-order chi connectivity index (χ1) is 14.0. The van der Waals surface area contributed by atoms with Gasteiger partial charge in [0.1, 0.15) is 11.9 Å². The number of carbonyl (C=O) groups is 1. The lowest BCUT2D eigenvalue weighted by Crippen LogP contribution is -2.38. The Balaban J connectivity index is 2.03. The predicted molar refractivity (Wildman–Crippen MR) is 112 cm³/mol. The molecule has 6 heteroatoms. The van der Waals surface area contributed by atoms with E-state index in [-0.39, 0.29) is 25.0 Å². The Morgan fingerprint density at radius 2 is 1.90 bits per heavy atom. The molecule has 2 aromatic carbocycles. The zero-order valence-corrected chi connectivity index (χ0v) is 17.1. The van der Waals surface area contributed by atoms with Crippen molar-refractivity contribution in [3.05, 3.63) is 65.7 Å². The minimum Gasteiger partial charge on any atom is -0.497 e. The summed E-state index contributed by atoms with van der Waals surface area (Å²) in [4.78, 5) is 13.0. The Morgan fingerprint density at radius 1 is 1.14 bits per heavy atom. The van der Waals surface area contributed by atoms with Crippen molar-refractivity contribution in [2.24, 2.45) is 0 Å². The van der Waals surface area contributed by atoms with Crippen LogP contribution in [-0.2, 0) is 11.2 Å². The predicted octanol–water partition coefficient (Wildman–Crippen LogP) is 2.23. The lowest BCUT2D eigenvalue weighted by molar-refractivity contribution is -0.00248. The van der Waals surface area contributed by atoms with Gasteiger partial charge in [-0.15, -0.1) is 0 Å². The molecule has 0 saturated carbocycles. The van der Waals surface area contributed by atoms with E-state index >= 15 is 0 Å². The highest BCUT2D eigenvalue weighted by Gasteiger charge is 2.23. The van der Waals surface area contributed by atoms with Crippen LogP contribution in [0.2, 0.25) is 0 Å². The van der Waals surface area contributed by atoms with Gasteiger partial charge in [-0.2, -0.15) is 0 Å². The molecule has 0 aliphatic rings. The maximum atomic E-state index is 13.0. The molecule has 0 aromatic heterocycles. The summed E-state index contributed by atoms with van der Waals surface area (Å²) in [7, 11) is 1.60. The summed E-state index contributed by atoms with van der Waals surface area (Å²) in [6.07, 6.45) is -0.480. The van der Waals surface area contributed by atoms with E-state index in [2.05, 4.69) is 5.32 Å². The van der Waals surface area contributed by atoms with Gasteiger partial charge in [-0.3, -0.25) is 4.79 Å². The van der Waals surface area contributed by atoms with Crippen molar-refractivity contribution < 1.29 is 24.5 Å². The van der Waals surface area contributed by atoms with Crippen LogP contribution in [0.5, 0.6) is 5.75 Å². The minimum atomic E-state index is -0.757. The Hall–Kier alpha value is -2.25. The summed E-state index contributed by atoms with van der Waals surface area (Å²) >= 11 is 0. The average Bonchev–Trinajstić information content (AvgIpc) is 2.75. The molecule has 158 valence electrons. The quantitative estimate of drug-likeness (QED) is 0.446. The summed E-state index contributed by atoms with van der Waals surface area (Å²) in [6, 6.07) is 16.6. The number of benzene rings is 2. The SMILES string of the molecule is COc1cccc(CC(OCC(O)CNC(C)CCO)C(=O)c2ccccc2)c1. The molecule has 0 spiro atoms. The monoisotopic (exact) mass is 401 g/mol. The van der Waals surface area contributed by atoms with Crippen molar-refractivity contribution in [3.8, 4) is 5.75 Å². The summed E-state index contributed by atoms with van der Waals surface area (Å²) < 4.78 is 11.1. The van der Waals surface area contributed by atoms with Crippen LogP contribution < -0.4 is 10.1 Å². The highest BCUT2D eigenvalue weighted by Crippen LogP contribution is 2.17. The summed E-state index contributed by atoms with van der Waals surface area (Å²) in [5.74, 6) is 0.595. The van der Waals surface area contributed by atoms with Crippen LogP contribution in [0.1, 0.15) is 29.3 Å². The molecule has 6 nitrogen and oxygen atoms in total. The van der Waals surface area contributed by atoms with Gasteiger partial charge in [0.2, 0.25) is 0 Å². The number of aliphatic hydroxyl groups excluding tert-OH is 2. The molecule has 0 fully saturated rings. The smallest absolute Gasteiger partial charge is 0.191 e. The van der Waals surface area contributed by atoms with Crippen LogP contribution in [0, 0.1) is 0 Å². The second-order valence-corrected chi connectivity index (χ2v) is 7.08. The van der Waals surface area contributed by atoms with E-state index in [0.717, 1.165) is 11.3 Å². The Morgan fingerprint density at radius 3 is 2.59 bits per heavy atom. The third-order valence-electron chi connectivity index (χ3n) is 4.66. The van der Waals surface area contributed by atoms with Gasteiger partial charge in [0.25, 0.3) is 0 Å². The average molecular weight is 402 g/mol. The lowest BCUT2D eigenvalue weighted by atomic mass is 9.99. The second kappa shape index (κ2) is 12.3. The molecule has 0 radical (unpaired) electrons. The topological polar surface area (TPSA) is 88.0 Å². The molecule has 3 unspecified atom stereocenters. The van der Waals surface area contributed by atoms with Crippen LogP contribution in [-0.4, -0.2) is 61.1 Å². The lowest BCUT2D eigenvalue weighted by Gasteiger charge is -2.21. The molecular formula is C23H31NO5. The summed E-state index contributed by atoms with van der Waals surface area (Å²) in [5, 5.41) is 22.3. The third-order valence-corrected chi connectivity index (χ3v) is 4.66. The molecule has 29 heavy (non-hydrogen) atoms. The first kappa shape index (κ1) is 23.0. The van der Waals surface area contributed by atoms with Crippen molar-refractivity contribution in [2.75, 3.05) is 26.9 Å². The van der Waals surface area contributed by atoms with Crippen molar-refractivity contribution >= 4 is 5.78 Å². The second-order valence-electron chi connectivity index (χ2n) is 7.08. The Bertz CT molecular complexity index is 737. The van der Waals surface area contributed by atoms with Crippen LogP contribution >= 0.6 is 0 Å². The van der Waals surface area contributed by atoms with Gasteiger partial charge in [-0.05, 0) is 31.0 Å². The maximum Gasteiger partial charge on any atom is 0.191 e. The fraction of sp³-hybridized carbons (Fsp3) is 0.435. The number of hydrogen-bond acceptors (Lipinski definition) is 6. The van der Waals surface area contributed by atoms with E-state index in [9.17, 15) is 9.90 Å². The molecule has 2 rings (SSSR count). The molecule has 3 atom stereocenters. The highest BCUT2D eigenvalue weighted by molar-refractivity contribution is 5.99.